The molecule has 2 aromatic carbocycles. The second-order valence-electron chi connectivity index (χ2n) is 7.26. The Balaban J connectivity index is 2.15. The molecule has 0 bridgehead atoms. The number of imidazole rings is 1. The first-order valence-corrected chi connectivity index (χ1v) is 9.39. The molecule has 1 N–H and O–H groups in total. The van der Waals surface area contributed by atoms with Gasteiger partial charge in [-0.3, -0.25) is 13.9 Å². The molecule has 0 saturated carbocycles. The van der Waals surface area contributed by atoms with Gasteiger partial charge in [0.15, 0.2) is 0 Å². The number of para-hydroxylation sites is 2. The molecular formula is C20H24B2N2O3. The first kappa shape index (κ1) is 19.1. The van der Waals surface area contributed by atoms with Gasteiger partial charge in [0, 0.05) is 6.04 Å². The van der Waals surface area contributed by atoms with E-state index in [2.05, 4.69) is 18.2 Å². The van der Waals surface area contributed by atoms with Crippen molar-refractivity contribution in [1.29, 1.82) is 0 Å². The number of aliphatic carboxylic acids is 1. The Morgan fingerprint density at radius 3 is 2.33 bits per heavy atom. The first-order chi connectivity index (χ1) is 12.9. The zero-order valence-electron chi connectivity index (χ0n) is 16.1. The summed E-state index contributed by atoms with van der Waals surface area (Å²) in [5.74, 6) is -0.883. The van der Waals surface area contributed by atoms with Crippen LogP contribution in [0, 0.1) is 0 Å². The maximum atomic E-state index is 13.3. The lowest BCUT2D eigenvalue weighted by Crippen LogP contribution is -2.29. The molecule has 0 aliphatic heterocycles. The van der Waals surface area contributed by atoms with E-state index in [4.69, 9.17) is 0 Å². The molecule has 3 aromatic rings. The van der Waals surface area contributed by atoms with E-state index in [1.165, 1.54) is 0 Å². The van der Waals surface area contributed by atoms with E-state index in [-0.39, 0.29) is 18.2 Å². The van der Waals surface area contributed by atoms with Crippen LogP contribution in [0.5, 0.6) is 0 Å². The highest BCUT2D eigenvalue weighted by molar-refractivity contribution is 6.37. The normalized spacial score (nSPS) is 12.3. The third kappa shape index (κ3) is 4.02. The maximum absolute atomic E-state index is 13.3. The number of benzene rings is 2. The molecule has 0 aliphatic rings. The molecular weight excluding hydrogens is 338 g/mol. The molecule has 0 aliphatic carbocycles. The fraction of sp³-hybridized carbons (Fsp3) is 0.300. The summed E-state index contributed by atoms with van der Waals surface area (Å²) in [7, 11) is 4.10. The maximum Gasteiger partial charge on any atom is 0.329 e. The topological polar surface area (TPSA) is 64.2 Å². The minimum Gasteiger partial charge on any atom is -0.481 e. The van der Waals surface area contributed by atoms with Crippen molar-refractivity contribution in [2.24, 2.45) is 0 Å². The van der Waals surface area contributed by atoms with E-state index in [1.54, 1.807) is 9.13 Å². The molecule has 138 valence electrons. The molecule has 1 atom stereocenters. The van der Waals surface area contributed by atoms with Crippen molar-refractivity contribution in [3.05, 3.63) is 58.5 Å². The SMILES string of the molecule is Bc1cc(B)cc(Cn2c(=O)n(C(CCC)CC(=O)O)c3ccccc32)c1. The zero-order valence-corrected chi connectivity index (χ0v) is 16.1. The molecule has 0 saturated heterocycles. The first-order valence-electron chi connectivity index (χ1n) is 9.39. The predicted molar refractivity (Wildman–Crippen MR) is 114 cm³/mol. The smallest absolute Gasteiger partial charge is 0.329 e. The Hall–Kier alpha value is -2.69. The monoisotopic (exact) mass is 362 g/mol. The van der Waals surface area contributed by atoms with Crippen molar-refractivity contribution >= 4 is 43.6 Å². The number of hydrogen-bond acceptors (Lipinski definition) is 2. The molecule has 0 fully saturated rings. The lowest BCUT2D eigenvalue weighted by molar-refractivity contribution is -0.137. The minimum absolute atomic E-state index is 0.0503. The van der Waals surface area contributed by atoms with Gasteiger partial charge in [-0.05, 0) is 24.1 Å². The van der Waals surface area contributed by atoms with Crippen molar-refractivity contribution in [2.45, 2.75) is 38.8 Å². The van der Waals surface area contributed by atoms with Crippen molar-refractivity contribution in [3.8, 4) is 0 Å². The van der Waals surface area contributed by atoms with Gasteiger partial charge in [-0.15, -0.1) is 0 Å². The quantitative estimate of drug-likeness (QED) is 0.611. The summed E-state index contributed by atoms with van der Waals surface area (Å²) in [6.45, 7) is 2.48. The van der Waals surface area contributed by atoms with Gasteiger partial charge in [0.1, 0.15) is 15.7 Å². The Bertz CT molecular complexity index is 1020. The third-order valence-corrected chi connectivity index (χ3v) is 4.89. The third-order valence-electron chi connectivity index (χ3n) is 4.89. The van der Waals surface area contributed by atoms with Crippen LogP contribution in [0.25, 0.3) is 11.0 Å². The number of carbonyl (C=O) groups is 1. The molecule has 0 spiro atoms. The average molecular weight is 362 g/mol. The highest BCUT2D eigenvalue weighted by Gasteiger charge is 2.22. The van der Waals surface area contributed by atoms with Crippen LogP contribution in [0.4, 0.5) is 0 Å². The molecule has 1 heterocycles. The molecule has 7 heteroatoms. The Kier molecular flexibility index (Phi) is 5.59. The highest BCUT2D eigenvalue weighted by Crippen LogP contribution is 2.23. The van der Waals surface area contributed by atoms with E-state index in [0.717, 1.165) is 33.9 Å². The van der Waals surface area contributed by atoms with Crippen LogP contribution >= 0.6 is 0 Å². The fourth-order valence-electron chi connectivity index (χ4n) is 3.94. The van der Waals surface area contributed by atoms with Gasteiger partial charge in [-0.25, -0.2) is 4.79 Å². The van der Waals surface area contributed by atoms with Crippen LogP contribution in [0.3, 0.4) is 0 Å². The molecule has 1 unspecified atom stereocenters. The summed E-state index contributed by atoms with van der Waals surface area (Å²) in [4.78, 5) is 24.6. The molecule has 0 radical (unpaired) electrons. The lowest BCUT2D eigenvalue weighted by Gasteiger charge is -2.16. The van der Waals surface area contributed by atoms with Gasteiger partial charge in [0.05, 0.1) is 24.0 Å². The molecule has 5 nitrogen and oxygen atoms in total. The standard InChI is InChI=1S/C20H24B2N2O3/c1-2-5-16(11-19(25)26)24-18-7-4-3-6-17(18)23(20(24)27)12-13-8-14(21)10-15(22)9-13/h3-4,6-10,16H,2,5,11-12,21-22H2,1H3,(H,25,26). The second kappa shape index (κ2) is 7.91. The molecule has 3 rings (SSSR count). The van der Waals surface area contributed by atoms with E-state index in [1.807, 2.05) is 46.9 Å². The molecule has 27 heavy (non-hydrogen) atoms. The Labute approximate surface area is 160 Å². The second-order valence-corrected chi connectivity index (χ2v) is 7.26. The summed E-state index contributed by atoms with van der Waals surface area (Å²) in [5.41, 5.74) is 4.89. The lowest BCUT2D eigenvalue weighted by atomic mass is 9.85. The number of rotatable bonds is 7. The van der Waals surface area contributed by atoms with E-state index < -0.39 is 5.97 Å². The van der Waals surface area contributed by atoms with Gasteiger partial charge >= 0.3 is 11.7 Å². The molecule has 0 amide bonds. The zero-order chi connectivity index (χ0) is 19.6. The number of nitrogens with zero attached hydrogens (tertiary/aromatic N) is 2. The van der Waals surface area contributed by atoms with Crippen LogP contribution in [-0.2, 0) is 11.3 Å². The predicted octanol–water partition coefficient (Wildman–Crippen LogP) is 0.184. The van der Waals surface area contributed by atoms with Crippen LogP contribution in [0.15, 0.2) is 47.3 Å². The van der Waals surface area contributed by atoms with Gasteiger partial charge in [0.2, 0.25) is 0 Å². The number of hydrogen-bond donors (Lipinski definition) is 1. The number of fused-ring (bicyclic) bond motifs is 1. The van der Waals surface area contributed by atoms with E-state index in [9.17, 15) is 14.7 Å². The Morgan fingerprint density at radius 2 is 1.74 bits per heavy atom. The van der Waals surface area contributed by atoms with Crippen molar-refractivity contribution in [1.82, 2.24) is 9.13 Å². The number of carboxylic acids is 1. The minimum atomic E-state index is -0.883. The largest absolute Gasteiger partial charge is 0.481 e. The summed E-state index contributed by atoms with van der Waals surface area (Å²) < 4.78 is 3.43. The van der Waals surface area contributed by atoms with Gasteiger partial charge in [-0.1, -0.05) is 54.6 Å². The van der Waals surface area contributed by atoms with Gasteiger partial charge < -0.3 is 5.11 Å². The highest BCUT2D eigenvalue weighted by atomic mass is 16.4. The fourth-order valence-corrected chi connectivity index (χ4v) is 3.94. The van der Waals surface area contributed by atoms with E-state index in [0.29, 0.717) is 13.0 Å². The summed E-state index contributed by atoms with van der Waals surface area (Å²) in [5, 5.41) is 9.32. The molecule has 1 aromatic heterocycles. The van der Waals surface area contributed by atoms with Crippen LogP contribution in [-0.4, -0.2) is 35.9 Å². The Morgan fingerprint density at radius 1 is 1.11 bits per heavy atom. The average Bonchev–Trinajstić information content (AvgIpc) is 2.85. The van der Waals surface area contributed by atoms with Crippen LogP contribution in [0.1, 0.15) is 37.8 Å². The van der Waals surface area contributed by atoms with Gasteiger partial charge in [-0.2, -0.15) is 0 Å². The number of aromatic nitrogens is 2. The van der Waals surface area contributed by atoms with Crippen LogP contribution in [0.2, 0.25) is 0 Å². The summed E-state index contributed by atoms with van der Waals surface area (Å²) in [6, 6.07) is 13.6. The van der Waals surface area contributed by atoms with E-state index >= 15 is 0 Å². The van der Waals surface area contributed by atoms with Crippen molar-refractivity contribution in [2.75, 3.05) is 0 Å². The van der Waals surface area contributed by atoms with Crippen molar-refractivity contribution in [3.63, 3.8) is 0 Å². The summed E-state index contributed by atoms with van der Waals surface area (Å²) >= 11 is 0. The van der Waals surface area contributed by atoms with Gasteiger partial charge in [0.25, 0.3) is 0 Å². The summed E-state index contributed by atoms with van der Waals surface area (Å²) in [6.07, 6.45) is 1.43. The van der Waals surface area contributed by atoms with Crippen molar-refractivity contribution < 1.29 is 9.90 Å². The number of carboxylic acid groups (broad SMARTS) is 1. The van der Waals surface area contributed by atoms with Crippen LogP contribution < -0.4 is 16.6 Å².